The first kappa shape index (κ1) is 11.6. The van der Waals surface area contributed by atoms with Crippen molar-refractivity contribution in [1.29, 1.82) is 0 Å². The largest absolute Gasteiger partial charge is 0.271 e. The van der Waals surface area contributed by atoms with E-state index in [0.29, 0.717) is 6.04 Å². The van der Waals surface area contributed by atoms with Crippen LogP contribution in [0, 0.1) is 12.8 Å². The Morgan fingerprint density at radius 1 is 1.25 bits per heavy atom. The summed E-state index contributed by atoms with van der Waals surface area (Å²) < 4.78 is 0. The fourth-order valence-electron chi connectivity index (χ4n) is 2.70. The number of hydrogen-bond donors (Lipinski definition) is 2. The van der Waals surface area contributed by atoms with Crippen LogP contribution < -0.4 is 11.3 Å². The van der Waals surface area contributed by atoms with E-state index in [-0.39, 0.29) is 0 Å². The van der Waals surface area contributed by atoms with Crippen LogP contribution in [0.2, 0.25) is 0 Å². The lowest BCUT2D eigenvalue weighted by Crippen LogP contribution is -2.41. The highest BCUT2D eigenvalue weighted by atomic mass is 15.2. The molecule has 0 aromatic heterocycles. The highest BCUT2D eigenvalue weighted by Gasteiger charge is 2.23. The molecule has 88 valence electrons. The molecule has 0 heterocycles. The van der Waals surface area contributed by atoms with Gasteiger partial charge in [0, 0.05) is 6.04 Å². The van der Waals surface area contributed by atoms with Crippen molar-refractivity contribution in [1.82, 2.24) is 5.43 Å². The van der Waals surface area contributed by atoms with Gasteiger partial charge in [0.05, 0.1) is 0 Å². The standard InChI is InChI=1S/C14H22N2/c1-11-6-8-12(9-7-11)10-14(16-15)13-4-2-3-5-13/h6-9,13-14,16H,2-5,10,15H2,1H3. The zero-order valence-corrected chi connectivity index (χ0v) is 10.1. The molecule has 1 unspecified atom stereocenters. The average molecular weight is 218 g/mol. The molecule has 1 aromatic carbocycles. The molecule has 16 heavy (non-hydrogen) atoms. The molecule has 0 bridgehead atoms. The topological polar surface area (TPSA) is 38.0 Å². The van der Waals surface area contributed by atoms with Gasteiger partial charge in [0.2, 0.25) is 0 Å². The van der Waals surface area contributed by atoms with Gasteiger partial charge in [0.25, 0.3) is 0 Å². The van der Waals surface area contributed by atoms with Gasteiger partial charge in [0.15, 0.2) is 0 Å². The minimum atomic E-state index is 0.449. The van der Waals surface area contributed by atoms with Gasteiger partial charge in [-0.15, -0.1) is 0 Å². The summed E-state index contributed by atoms with van der Waals surface area (Å²) in [4.78, 5) is 0. The molecule has 1 atom stereocenters. The predicted molar refractivity (Wildman–Crippen MR) is 68.0 cm³/mol. The van der Waals surface area contributed by atoms with Crippen molar-refractivity contribution < 1.29 is 0 Å². The summed E-state index contributed by atoms with van der Waals surface area (Å²) in [7, 11) is 0. The summed E-state index contributed by atoms with van der Waals surface area (Å²) in [5.74, 6) is 6.45. The monoisotopic (exact) mass is 218 g/mol. The summed E-state index contributed by atoms with van der Waals surface area (Å²) in [5.41, 5.74) is 5.72. The second-order valence-corrected chi connectivity index (χ2v) is 5.01. The van der Waals surface area contributed by atoms with Crippen LogP contribution in [0.5, 0.6) is 0 Å². The molecule has 3 N–H and O–H groups in total. The minimum absolute atomic E-state index is 0.449. The van der Waals surface area contributed by atoms with E-state index in [1.165, 1.54) is 36.8 Å². The normalized spacial score (nSPS) is 18.9. The lowest BCUT2D eigenvalue weighted by atomic mass is 9.92. The van der Waals surface area contributed by atoms with Crippen LogP contribution >= 0.6 is 0 Å². The first-order valence-corrected chi connectivity index (χ1v) is 6.31. The molecule has 0 radical (unpaired) electrons. The van der Waals surface area contributed by atoms with Gasteiger partial charge in [-0.25, -0.2) is 0 Å². The maximum absolute atomic E-state index is 5.68. The number of benzene rings is 1. The van der Waals surface area contributed by atoms with E-state index in [4.69, 9.17) is 5.84 Å². The highest BCUT2D eigenvalue weighted by molar-refractivity contribution is 5.22. The van der Waals surface area contributed by atoms with Crippen LogP contribution in [0.1, 0.15) is 36.8 Å². The van der Waals surface area contributed by atoms with E-state index in [0.717, 1.165) is 12.3 Å². The van der Waals surface area contributed by atoms with Crippen molar-refractivity contribution in [2.75, 3.05) is 0 Å². The summed E-state index contributed by atoms with van der Waals surface area (Å²) >= 11 is 0. The van der Waals surface area contributed by atoms with E-state index < -0.39 is 0 Å². The average Bonchev–Trinajstić information content (AvgIpc) is 2.82. The fraction of sp³-hybridized carbons (Fsp3) is 0.571. The van der Waals surface area contributed by atoms with Crippen molar-refractivity contribution in [2.45, 2.75) is 45.1 Å². The Morgan fingerprint density at radius 2 is 1.88 bits per heavy atom. The molecule has 2 heteroatoms. The van der Waals surface area contributed by atoms with Gasteiger partial charge in [-0.1, -0.05) is 42.7 Å². The Labute approximate surface area is 98.2 Å². The second kappa shape index (κ2) is 5.46. The van der Waals surface area contributed by atoms with Crippen LogP contribution in [0.15, 0.2) is 24.3 Å². The molecule has 1 saturated carbocycles. The molecule has 2 nitrogen and oxygen atoms in total. The first-order valence-electron chi connectivity index (χ1n) is 6.31. The maximum Gasteiger partial charge on any atom is 0.0279 e. The van der Waals surface area contributed by atoms with Gasteiger partial charge < -0.3 is 0 Å². The van der Waals surface area contributed by atoms with Crippen LogP contribution in [0.4, 0.5) is 0 Å². The van der Waals surface area contributed by atoms with Crippen molar-refractivity contribution >= 4 is 0 Å². The Morgan fingerprint density at radius 3 is 2.44 bits per heavy atom. The van der Waals surface area contributed by atoms with Crippen molar-refractivity contribution in [3.63, 3.8) is 0 Å². The number of nitrogens with one attached hydrogen (secondary N) is 1. The number of nitrogens with two attached hydrogens (primary N) is 1. The molecule has 0 spiro atoms. The molecule has 0 aliphatic heterocycles. The summed E-state index contributed by atoms with van der Waals surface area (Å²) in [6.07, 6.45) is 6.47. The summed E-state index contributed by atoms with van der Waals surface area (Å²) in [6, 6.07) is 9.24. The van der Waals surface area contributed by atoms with Gasteiger partial charge in [0.1, 0.15) is 0 Å². The minimum Gasteiger partial charge on any atom is -0.271 e. The van der Waals surface area contributed by atoms with Crippen LogP contribution in [-0.2, 0) is 6.42 Å². The quantitative estimate of drug-likeness (QED) is 0.602. The lowest BCUT2D eigenvalue weighted by molar-refractivity contribution is 0.361. The van der Waals surface area contributed by atoms with Gasteiger partial charge >= 0.3 is 0 Å². The molecule has 1 aromatic rings. The molecule has 1 aliphatic rings. The molecule has 2 rings (SSSR count). The van der Waals surface area contributed by atoms with Crippen LogP contribution in [-0.4, -0.2) is 6.04 Å². The fourth-order valence-corrected chi connectivity index (χ4v) is 2.70. The molecular weight excluding hydrogens is 196 g/mol. The Kier molecular flexibility index (Phi) is 3.97. The van der Waals surface area contributed by atoms with E-state index in [2.05, 4.69) is 36.6 Å². The number of aryl methyl sites for hydroxylation is 1. The first-order chi connectivity index (χ1) is 7.79. The van der Waals surface area contributed by atoms with Crippen molar-refractivity contribution in [3.8, 4) is 0 Å². The number of hydrogen-bond acceptors (Lipinski definition) is 2. The second-order valence-electron chi connectivity index (χ2n) is 5.01. The van der Waals surface area contributed by atoms with Crippen molar-refractivity contribution in [2.24, 2.45) is 11.8 Å². The summed E-state index contributed by atoms with van der Waals surface area (Å²) in [5, 5.41) is 0. The molecule has 1 fully saturated rings. The van der Waals surface area contributed by atoms with Gasteiger partial charge in [-0.05, 0) is 37.7 Å². The smallest absolute Gasteiger partial charge is 0.0279 e. The zero-order valence-electron chi connectivity index (χ0n) is 10.1. The highest BCUT2D eigenvalue weighted by Crippen LogP contribution is 2.28. The molecular formula is C14H22N2. The van der Waals surface area contributed by atoms with Crippen LogP contribution in [0.25, 0.3) is 0 Å². The maximum atomic E-state index is 5.68. The van der Waals surface area contributed by atoms with Crippen molar-refractivity contribution in [3.05, 3.63) is 35.4 Å². The molecule has 1 aliphatic carbocycles. The van der Waals surface area contributed by atoms with E-state index in [1.54, 1.807) is 0 Å². The summed E-state index contributed by atoms with van der Waals surface area (Å²) in [6.45, 7) is 2.12. The Hall–Kier alpha value is -0.860. The van der Waals surface area contributed by atoms with E-state index in [1.807, 2.05) is 0 Å². The predicted octanol–water partition coefficient (Wildman–Crippen LogP) is 2.56. The Balaban J connectivity index is 1.97. The number of rotatable bonds is 4. The molecule has 0 amide bonds. The third kappa shape index (κ3) is 2.83. The SMILES string of the molecule is Cc1ccc(CC(NN)C2CCCC2)cc1. The van der Waals surface area contributed by atoms with Crippen LogP contribution in [0.3, 0.4) is 0 Å². The lowest BCUT2D eigenvalue weighted by Gasteiger charge is -2.22. The van der Waals surface area contributed by atoms with E-state index in [9.17, 15) is 0 Å². The van der Waals surface area contributed by atoms with Gasteiger partial charge in [-0.2, -0.15) is 0 Å². The molecule has 0 saturated heterocycles. The third-order valence-corrected chi connectivity index (χ3v) is 3.76. The zero-order chi connectivity index (χ0) is 11.4. The number of hydrazine groups is 1. The third-order valence-electron chi connectivity index (χ3n) is 3.76. The Bertz CT molecular complexity index is 312. The van der Waals surface area contributed by atoms with E-state index >= 15 is 0 Å². The van der Waals surface area contributed by atoms with Gasteiger partial charge in [-0.3, -0.25) is 11.3 Å².